The van der Waals surface area contributed by atoms with Crippen molar-refractivity contribution in [3.05, 3.63) is 33.3 Å². The first-order chi connectivity index (χ1) is 8.32. The fourth-order valence-corrected chi connectivity index (χ4v) is 2.65. The van der Waals surface area contributed by atoms with E-state index in [2.05, 4.69) is 21.2 Å². The predicted molar refractivity (Wildman–Crippen MR) is 82.0 cm³/mol. The minimum absolute atomic E-state index is 0.137. The molecule has 3 N–H and O–H groups in total. The Balaban J connectivity index is 2.91. The molecule has 0 aliphatic heterocycles. The Morgan fingerprint density at radius 3 is 2.56 bits per heavy atom. The Morgan fingerprint density at radius 1 is 1.50 bits per heavy atom. The van der Waals surface area contributed by atoms with Gasteiger partial charge < -0.3 is 11.1 Å². The molecule has 0 aliphatic rings. The van der Waals surface area contributed by atoms with Crippen molar-refractivity contribution in [1.29, 1.82) is 0 Å². The van der Waals surface area contributed by atoms with Crippen molar-refractivity contribution in [2.75, 3.05) is 0 Å². The summed E-state index contributed by atoms with van der Waals surface area (Å²) in [5, 5.41) is 3.38. The van der Waals surface area contributed by atoms with Gasteiger partial charge in [0.2, 0.25) is 0 Å². The topological polar surface area (TPSA) is 55.1 Å². The maximum absolute atomic E-state index is 12.1. The Labute approximate surface area is 125 Å². The molecule has 3 nitrogen and oxygen atoms in total. The van der Waals surface area contributed by atoms with Crippen molar-refractivity contribution in [1.82, 2.24) is 5.32 Å². The molecule has 6 heteroatoms. The van der Waals surface area contributed by atoms with Crippen LogP contribution in [0.25, 0.3) is 0 Å². The molecule has 0 radical (unpaired) electrons. The zero-order valence-electron chi connectivity index (χ0n) is 10.0. The second-order valence-electron chi connectivity index (χ2n) is 4.22. The van der Waals surface area contributed by atoms with E-state index in [1.54, 1.807) is 18.2 Å². The number of nitrogens with two attached hydrogens (primary N) is 1. The maximum atomic E-state index is 12.1. The number of carbonyl (C=O) groups is 1. The van der Waals surface area contributed by atoms with Crippen LogP contribution in [0.3, 0.4) is 0 Å². The van der Waals surface area contributed by atoms with Crippen molar-refractivity contribution in [3.63, 3.8) is 0 Å². The van der Waals surface area contributed by atoms with E-state index in [0.29, 0.717) is 15.1 Å². The Kier molecular flexibility index (Phi) is 5.56. The summed E-state index contributed by atoms with van der Waals surface area (Å²) >= 11 is 14.1. The van der Waals surface area contributed by atoms with Crippen molar-refractivity contribution >= 4 is 50.6 Å². The predicted octanol–water partition coefficient (Wildman–Crippen LogP) is 3.14. The minimum atomic E-state index is -0.324. The van der Waals surface area contributed by atoms with E-state index in [9.17, 15) is 4.79 Å². The van der Waals surface area contributed by atoms with Gasteiger partial charge >= 0.3 is 0 Å². The highest BCUT2D eigenvalue weighted by molar-refractivity contribution is 9.10. The van der Waals surface area contributed by atoms with Gasteiger partial charge in [0, 0.05) is 9.50 Å². The maximum Gasteiger partial charge on any atom is 0.252 e. The molecule has 98 valence electrons. The van der Waals surface area contributed by atoms with Crippen LogP contribution in [0, 0.1) is 5.92 Å². The molecular formula is C12H14BrClN2OS. The number of amides is 1. The van der Waals surface area contributed by atoms with Gasteiger partial charge in [0.25, 0.3) is 5.91 Å². The lowest BCUT2D eigenvalue weighted by Gasteiger charge is -2.21. The number of nitrogens with one attached hydrogen (secondary N) is 1. The molecule has 0 bridgehead atoms. The normalized spacial score (nSPS) is 12.3. The van der Waals surface area contributed by atoms with Gasteiger partial charge in [-0.05, 0) is 40.0 Å². The van der Waals surface area contributed by atoms with E-state index < -0.39 is 0 Å². The Morgan fingerprint density at radius 2 is 2.11 bits per heavy atom. The lowest BCUT2D eigenvalue weighted by Crippen LogP contribution is -2.46. The third kappa shape index (κ3) is 3.93. The molecular weight excluding hydrogens is 336 g/mol. The standard InChI is InChI=1S/C12H14BrClN2OS/c1-6(2)10(11(15)18)16-12(17)8-4-3-7(14)5-9(8)13/h3-6,10H,1-2H3,(H2,15,18)(H,16,17). The van der Waals surface area contributed by atoms with Crippen LogP contribution in [0.4, 0.5) is 0 Å². The van der Waals surface area contributed by atoms with Gasteiger partial charge in [-0.25, -0.2) is 0 Å². The zero-order valence-corrected chi connectivity index (χ0v) is 13.2. The van der Waals surface area contributed by atoms with Gasteiger partial charge in [0.15, 0.2) is 0 Å². The summed E-state index contributed by atoms with van der Waals surface area (Å²) in [5.74, 6) is -0.0948. The first-order valence-electron chi connectivity index (χ1n) is 5.38. The fraction of sp³-hybridized carbons (Fsp3) is 0.333. The molecule has 0 aromatic heterocycles. The van der Waals surface area contributed by atoms with Crippen LogP contribution in [0.5, 0.6) is 0 Å². The first kappa shape index (κ1) is 15.4. The molecule has 1 aromatic rings. The molecule has 1 atom stereocenters. The average molecular weight is 350 g/mol. The molecule has 0 saturated carbocycles. The monoisotopic (exact) mass is 348 g/mol. The van der Waals surface area contributed by atoms with Gasteiger partial charge in [-0.2, -0.15) is 0 Å². The van der Waals surface area contributed by atoms with Crippen LogP contribution >= 0.6 is 39.7 Å². The second kappa shape index (κ2) is 6.50. The van der Waals surface area contributed by atoms with Crippen LogP contribution < -0.4 is 11.1 Å². The largest absolute Gasteiger partial charge is 0.392 e. The van der Waals surface area contributed by atoms with Crippen molar-refractivity contribution < 1.29 is 4.79 Å². The first-order valence-corrected chi connectivity index (χ1v) is 6.96. The zero-order chi connectivity index (χ0) is 13.9. The smallest absolute Gasteiger partial charge is 0.252 e. The molecule has 0 aliphatic carbocycles. The fourth-order valence-electron chi connectivity index (χ4n) is 1.46. The number of hydrogen-bond donors (Lipinski definition) is 2. The Hall–Kier alpha value is -0.650. The van der Waals surface area contributed by atoms with Crippen molar-refractivity contribution in [3.8, 4) is 0 Å². The van der Waals surface area contributed by atoms with E-state index in [1.807, 2.05) is 13.8 Å². The third-order valence-corrected chi connectivity index (χ3v) is 3.58. The van der Waals surface area contributed by atoms with Gasteiger partial charge in [-0.3, -0.25) is 4.79 Å². The molecule has 1 unspecified atom stereocenters. The van der Waals surface area contributed by atoms with E-state index in [-0.39, 0.29) is 22.9 Å². The highest BCUT2D eigenvalue weighted by Gasteiger charge is 2.20. The van der Waals surface area contributed by atoms with E-state index in [0.717, 1.165) is 0 Å². The second-order valence-corrected chi connectivity index (χ2v) is 5.98. The molecule has 0 fully saturated rings. The van der Waals surface area contributed by atoms with Crippen LogP contribution in [0.1, 0.15) is 24.2 Å². The highest BCUT2D eigenvalue weighted by atomic mass is 79.9. The summed E-state index contributed by atoms with van der Waals surface area (Å²) in [6.07, 6.45) is 0. The lowest BCUT2D eigenvalue weighted by atomic mass is 10.0. The Bertz CT molecular complexity index is 479. The van der Waals surface area contributed by atoms with E-state index in [1.165, 1.54) is 0 Å². The molecule has 1 aromatic carbocycles. The van der Waals surface area contributed by atoms with Crippen molar-refractivity contribution in [2.24, 2.45) is 11.7 Å². The van der Waals surface area contributed by atoms with E-state index >= 15 is 0 Å². The summed E-state index contributed by atoms with van der Waals surface area (Å²) < 4.78 is 0.637. The molecule has 1 rings (SSSR count). The number of rotatable bonds is 4. The summed E-state index contributed by atoms with van der Waals surface area (Å²) in [6.45, 7) is 3.89. The molecule has 0 heterocycles. The summed E-state index contributed by atoms with van der Waals surface area (Å²) in [4.78, 5) is 12.4. The third-order valence-electron chi connectivity index (χ3n) is 2.44. The SMILES string of the molecule is CC(C)C(NC(=O)c1ccc(Cl)cc1Br)C(N)=S. The number of hydrogen-bond acceptors (Lipinski definition) is 2. The highest BCUT2D eigenvalue weighted by Crippen LogP contribution is 2.21. The number of carbonyl (C=O) groups excluding carboxylic acids is 1. The van der Waals surface area contributed by atoms with Crippen LogP contribution in [0.2, 0.25) is 5.02 Å². The molecule has 1 amide bonds. The molecule has 0 spiro atoms. The number of thiocarbonyl (C=S) groups is 1. The average Bonchev–Trinajstić information content (AvgIpc) is 2.24. The summed E-state index contributed by atoms with van der Waals surface area (Å²) in [5.41, 5.74) is 6.11. The van der Waals surface area contributed by atoms with Gasteiger partial charge in [-0.15, -0.1) is 0 Å². The number of halogens is 2. The lowest BCUT2D eigenvalue weighted by molar-refractivity contribution is 0.0939. The summed E-state index contributed by atoms with van der Waals surface area (Å²) in [7, 11) is 0. The molecule has 0 saturated heterocycles. The quantitative estimate of drug-likeness (QED) is 0.821. The summed E-state index contributed by atoms with van der Waals surface area (Å²) in [6, 6.07) is 4.65. The number of benzene rings is 1. The van der Waals surface area contributed by atoms with Crippen molar-refractivity contribution in [2.45, 2.75) is 19.9 Å². The molecule has 18 heavy (non-hydrogen) atoms. The van der Waals surface area contributed by atoms with E-state index in [4.69, 9.17) is 29.6 Å². The van der Waals surface area contributed by atoms with Crippen LogP contribution in [-0.2, 0) is 0 Å². The van der Waals surface area contributed by atoms with Crippen LogP contribution in [-0.4, -0.2) is 16.9 Å². The minimum Gasteiger partial charge on any atom is -0.392 e. The van der Waals surface area contributed by atoms with Gasteiger partial charge in [0.1, 0.15) is 0 Å². The van der Waals surface area contributed by atoms with Gasteiger partial charge in [0.05, 0.1) is 16.6 Å². The van der Waals surface area contributed by atoms with Gasteiger partial charge in [-0.1, -0.05) is 37.7 Å². The van der Waals surface area contributed by atoms with Crippen LogP contribution in [0.15, 0.2) is 22.7 Å².